The number of ether oxygens (including phenoxy) is 1. The summed E-state index contributed by atoms with van der Waals surface area (Å²) in [6.45, 7) is -0.296. The van der Waals surface area contributed by atoms with Gasteiger partial charge in [-0.25, -0.2) is 4.98 Å². The van der Waals surface area contributed by atoms with Crippen LogP contribution in [0.2, 0.25) is 0 Å². The van der Waals surface area contributed by atoms with Gasteiger partial charge in [0.15, 0.2) is 23.2 Å². The van der Waals surface area contributed by atoms with Crippen molar-refractivity contribution in [2.75, 3.05) is 12.3 Å². The van der Waals surface area contributed by atoms with Crippen molar-refractivity contribution >= 4 is 17.0 Å². The number of halogens is 1. The molecule has 3 rings (SSSR count). The molecule has 0 aliphatic carbocycles. The zero-order valence-corrected chi connectivity index (χ0v) is 9.06. The highest BCUT2D eigenvalue weighted by molar-refractivity contribution is 5.81. The minimum atomic E-state index is -0.978. The molecule has 0 unspecified atom stereocenters. The van der Waals surface area contributed by atoms with E-state index in [1.807, 2.05) is 0 Å². The molecule has 0 saturated carbocycles. The summed E-state index contributed by atoms with van der Waals surface area (Å²) in [6.07, 6.45) is -1.98. The van der Waals surface area contributed by atoms with E-state index in [-0.39, 0.29) is 23.6 Å². The van der Waals surface area contributed by atoms with Crippen molar-refractivity contribution < 1.29 is 19.3 Å². The molecule has 1 aliphatic rings. The lowest BCUT2D eigenvalue weighted by molar-refractivity contribution is -0.264. The molecular formula is C9H10FN5O3. The number of nitrogen functional groups attached to an aromatic ring is 1. The standard InChI is InChI=1S/C9H10FN5O3/c10-9-13-6(11)4-7(14-9)15(2-12-4)8-5(17)3(1-16)18-8/h2-3,5,8,16-17H,1H2,(H2,11,13,14)/t3-,5-,8-/m1/s1. The summed E-state index contributed by atoms with van der Waals surface area (Å²) >= 11 is 0. The first-order valence-electron chi connectivity index (χ1n) is 5.21. The van der Waals surface area contributed by atoms with Crippen LogP contribution in [-0.2, 0) is 4.74 Å². The van der Waals surface area contributed by atoms with E-state index in [1.54, 1.807) is 0 Å². The molecule has 0 bridgehead atoms. The Balaban J connectivity index is 2.04. The van der Waals surface area contributed by atoms with Crippen molar-refractivity contribution in [3.8, 4) is 0 Å². The van der Waals surface area contributed by atoms with Gasteiger partial charge in [0, 0.05) is 0 Å². The number of hydrogen-bond acceptors (Lipinski definition) is 7. The van der Waals surface area contributed by atoms with E-state index in [4.69, 9.17) is 15.6 Å². The van der Waals surface area contributed by atoms with Gasteiger partial charge in [-0.2, -0.15) is 14.4 Å². The minimum Gasteiger partial charge on any atom is -0.394 e. The second-order valence-corrected chi connectivity index (χ2v) is 3.94. The second-order valence-electron chi connectivity index (χ2n) is 3.94. The van der Waals surface area contributed by atoms with Crippen molar-refractivity contribution in [1.29, 1.82) is 0 Å². The third-order valence-corrected chi connectivity index (χ3v) is 2.86. The van der Waals surface area contributed by atoms with Crippen LogP contribution in [0.15, 0.2) is 6.33 Å². The summed E-state index contributed by atoms with van der Waals surface area (Å²) in [6, 6.07) is 0. The molecular weight excluding hydrogens is 245 g/mol. The van der Waals surface area contributed by atoms with Gasteiger partial charge in [-0.1, -0.05) is 0 Å². The number of nitrogens with two attached hydrogens (primary N) is 1. The molecule has 4 N–H and O–H groups in total. The monoisotopic (exact) mass is 255 g/mol. The molecule has 2 aromatic heterocycles. The maximum absolute atomic E-state index is 13.1. The molecule has 1 aliphatic heterocycles. The van der Waals surface area contributed by atoms with Crippen LogP contribution in [0, 0.1) is 6.08 Å². The van der Waals surface area contributed by atoms with Crippen molar-refractivity contribution in [3.05, 3.63) is 12.4 Å². The lowest BCUT2D eigenvalue weighted by Gasteiger charge is -2.40. The van der Waals surface area contributed by atoms with Crippen LogP contribution in [0.25, 0.3) is 11.2 Å². The van der Waals surface area contributed by atoms with Crippen LogP contribution < -0.4 is 5.73 Å². The third-order valence-electron chi connectivity index (χ3n) is 2.86. The number of aromatic nitrogens is 4. The Morgan fingerprint density at radius 1 is 1.50 bits per heavy atom. The fourth-order valence-corrected chi connectivity index (χ4v) is 1.91. The average molecular weight is 255 g/mol. The minimum absolute atomic E-state index is 0.0798. The number of hydrogen-bond donors (Lipinski definition) is 3. The molecule has 3 heterocycles. The van der Waals surface area contributed by atoms with E-state index >= 15 is 0 Å². The first kappa shape index (κ1) is 11.3. The summed E-state index contributed by atoms with van der Waals surface area (Å²) in [5, 5.41) is 18.6. The van der Waals surface area contributed by atoms with Crippen molar-refractivity contribution in [1.82, 2.24) is 19.5 Å². The molecule has 3 atom stereocenters. The van der Waals surface area contributed by atoms with Gasteiger partial charge in [-0.05, 0) is 0 Å². The van der Waals surface area contributed by atoms with Crippen LogP contribution in [-0.4, -0.2) is 48.5 Å². The van der Waals surface area contributed by atoms with Gasteiger partial charge in [0.1, 0.15) is 12.2 Å². The summed E-state index contributed by atoms with van der Waals surface area (Å²) in [7, 11) is 0. The molecule has 0 aromatic carbocycles. The van der Waals surface area contributed by atoms with E-state index in [0.717, 1.165) is 0 Å². The number of aliphatic hydroxyl groups is 2. The summed E-state index contributed by atoms with van der Waals surface area (Å²) in [5.41, 5.74) is 5.88. The number of fused-ring (bicyclic) bond motifs is 1. The molecule has 1 saturated heterocycles. The molecule has 1 fully saturated rings. The molecule has 18 heavy (non-hydrogen) atoms. The van der Waals surface area contributed by atoms with Gasteiger partial charge in [0.05, 0.1) is 12.9 Å². The summed E-state index contributed by atoms with van der Waals surface area (Å²) in [4.78, 5) is 10.9. The molecule has 2 aromatic rings. The summed E-state index contributed by atoms with van der Waals surface area (Å²) in [5.74, 6) is -0.0798. The Kier molecular flexibility index (Phi) is 2.40. The third kappa shape index (κ3) is 1.45. The highest BCUT2D eigenvalue weighted by Crippen LogP contribution is 2.33. The fraction of sp³-hybridized carbons (Fsp3) is 0.444. The van der Waals surface area contributed by atoms with Gasteiger partial charge in [-0.15, -0.1) is 0 Å². The smallest absolute Gasteiger partial charge is 0.312 e. The Bertz CT molecular complexity index is 603. The molecule has 96 valence electrons. The first-order valence-corrected chi connectivity index (χ1v) is 5.21. The SMILES string of the molecule is Nc1nc(F)nc2c1ncn2[C@@H]1O[C@H](CO)[C@H]1O. The quantitative estimate of drug-likeness (QED) is 0.576. The largest absolute Gasteiger partial charge is 0.394 e. The van der Waals surface area contributed by atoms with Crippen LogP contribution in [0.1, 0.15) is 6.23 Å². The van der Waals surface area contributed by atoms with E-state index in [0.29, 0.717) is 0 Å². The van der Waals surface area contributed by atoms with Crippen LogP contribution in [0.5, 0.6) is 0 Å². The Morgan fingerprint density at radius 3 is 2.94 bits per heavy atom. The fourth-order valence-electron chi connectivity index (χ4n) is 1.91. The van der Waals surface area contributed by atoms with Gasteiger partial charge in [0.2, 0.25) is 0 Å². The van der Waals surface area contributed by atoms with Gasteiger partial charge in [0.25, 0.3) is 0 Å². The second kappa shape index (κ2) is 3.83. The lowest BCUT2D eigenvalue weighted by Crippen LogP contribution is -2.52. The van der Waals surface area contributed by atoms with Gasteiger partial charge in [-0.3, -0.25) is 4.57 Å². The summed E-state index contributed by atoms with van der Waals surface area (Å²) < 4.78 is 19.7. The molecule has 0 radical (unpaired) electrons. The van der Waals surface area contributed by atoms with Crippen LogP contribution in [0.4, 0.5) is 10.2 Å². The Morgan fingerprint density at radius 2 is 2.28 bits per heavy atom. The number of aliphatic hydroxyl groups excluding tert-OH is 2. The van der Waals surface area contributed by atoms with Gasteiger partial charge < -0.3 is 20.7 Å². The van der Waals surface area contributed by atoms with Crippen LogP contribution >= 0.6 is 0 Å². The number of rotatable bonds is 2. The number of nitrogens with zero attached hydrogens (tertiary/aromatic N) is 4. The highest BCUT2D eigenvalue weighted by atomic mass is 19.1. The average Bonchev–Trinajstić information content (AvgIpc) is 2.72. The molecule has 8 nitrogen and oxygen atoms in total. The first-order chi connectivity index (χ1) is 8.61. The topological polar surface area (TPSA) is 119 Å². The van der Waals surface area contributed by atoms with Crippen LogP contribution in [0.3, 0.4) is 0 Å². The van der Waals surface area contributed by atoms with E-state index in [9.17, 15) is 9.50 Å². The predicted molar refractivity (Wildman–Crippen MR) is 56.7 cm³/mol. The van der Waals surface area contributed by atoms with Crippen molar-refractivity contribution in [3.63, 3.8) is 0 Å². The van der Waals surface area contributed by atoms with E-state index in [2.05, 4.69) is 15.0 Å². The number of imidazole rings is 1. The van der Waals surface area contributed by atoms with Crippen molar-refractivity contribution in [2.24, 2.45) is 0 Å². The van der Waals surface area contributed by atoms with Gasteiger partial charge >= 0.3 is 6.08 Å². The number of anilines is 1. The van der Waals surface area contributed by atoms with E-state index < -0.39 is 24.5 Å². The van der Waals surface area contributed by atoms with Crippen molar-refractivity contribution in [2.45, 2.75) is 18.4 Å². The zero-order valence-electron chi connectivity index (χ0n) is 9.06. The van der Waals surface area contributed by atoms with E-state index in [1.165, 1.54) is 10.9 Å². The highest BCUT2D eigenvalue weighted by Gasteiger charge is 2.42. The predicted octanol–water partition coefficient (Wildman–Crippen LogP) is -1.20. The normalized spacial score (nSPS) is 27.4. The Labute approximate surface area is 99.9 Å². The maximum Gasteiger partial charge on any atom is 0.312 e. The molecule has 0 spiro atoms. The lowest BCUT2D eigenvalue weighted by atomic mass is 10.1. The maximum atomic E-state index is 13.1. The Hall–Kier alpha value is -1.84. The molecule has 0 amide bonds. The zero-order chi connectivity index (χ0) is 12.9. The molecule has 9 heteroatoms.